The van der Waals surface area contributed by atoms with Gasteiger partial charge < -0.3 is 10.6 Å². The molecule has 1 saturated heterocycles. The molecule has 15 heavy (non-hydrogen) atoms. The largest absolute Gasteiger partial charge is 0.370 e. The predicted octanol–water partition coefficient (Wildman–Crippen LogP) is 2.69. The number of halogens is 1. The summed E-state index contributed by atoms with van der Waals surface area (Å²) in [4.78, 5) is 2.36. The highest BCUT2D eigenvalue weighted by atomic mass is 79.9. The molecule has 0 amide bonds. The average molecular weight is 269 g/mol. The summed E-state index contributed by atoms with van der Waals surface area (Å²) in [6, 6.07) is 6.47. The van der Waals surface area contributed by atoms with Crippen LogP contribution in [-0.4, -0.2) is 18.6 Å². The topological polar surface area (TPSA) is 29.3 Å². The van der Waals surface area contributed by atoms with E-state index < -0.39 is 0 Å². The summed E-state index contributed by atoms with van der Waals surface area (Å²) in [5, 5.41) is 0. The lowest BCUT2D eigenvalue weighted by Crippen LogP contribution is -2.39. The van der Waals surface area contributed by atoms with Gasteiger partial charge in [-0.15, -0.1) is 0 Å². The molecule has 3 heteroatoms. The lowest BCUT2D eigenvalue weighted by Gasteiger charge is -2.22. The summed E-state index contributed by atoms with van der Waals surface area (Å²) < 4.78 is 1.17. The fourth-order valence-corrected chi connectivity index (χ4v) is 2.28. The normalized spacial score (nSPS) is 26.0. The molecule has 0 radical (unpaired) electrons. The van der Waals surface area contributed by atoms with Crippen LogP contribution in [-0.2, 0) is 0 Å². The van der Waals surface area contributed by atoms with E-state index in [1.54, 1.807) is 0 Å². The molecule has 2 nitrogen and oxygen atoms in total. The second-order valence-corrected chi connectivity index (χ2v) is 5.61. The molecule has 0 spiro atoms. The lowest BCUT2D eigenvalue weighted by atomic mass is 10.0. The molecule has 0 aromatic heterocycles. The van der Waals surface area contributed by atoms with E-state index >= 15 is 0 Å². The number of nitrogens with two attached hydrogens (primary N) is 1. The van der Waals surface area contributed by atoms with E-state index in [0.29, 0.717) is 0 Å². The fraction of sp³-hybridized carbons (Fsp3) is 0.500. The van der Waals surface area contributed by atoms with Crippen LogP contribution in [0.4, 0.5) is 5.69 Å². The number of anilines is 1. The van der Waals surface area contributed by atoms with Crippen molar-refractivity contribution in [2.24, 2.45) is 5.73 Å². The Bertz CT molecular complexity index is 374. The molecule has 1 aliphatic rings. The van der Waals surface area contributed by atoms with Gasteiger partial charge in [0.2, 0.25) is 0 Å². The van der Waals surface area contributed by atoms with Gasteiger partial charge in [0.15, 0.2) is 0 Å². The first-order valence-corrected chi connectivity index (χ1v) is 6.07. The van der Waals surface area contributed by atoms with Crippen LogP contribution >= 0.6 is 15.9 Å². The minimum atomic E-state index is -0.0268. The summed E-state index contributed by atoms with van der Waals surface area (Å²) in [5.41, 5.74) is 8.65. The van der Waals surface area contributed by atoms with Crippen LogP contribution in [0.3, 0.4) is 0 Å². The first-order chi connectivity index (χ1) is 6.98. The van der Waals surface area contributed by atoms with Gasteiger partial charge in [-0.1, -0.05) is 15.9 Å². The highest BCUT2D eigenvalue weighted by Gasteiger charge is 2.29. The van der Waals surface area contributed by atoms with Crippen molar-refractivity contribution < 1.29 is 0 Å². The Balaban J connectivity index is 2.21. The molecule has 0 bridgehead atoms. The van der Waals surface area contributed by atoms with E-state index in [1.807, 2.05) is 0 Å². The zero-order valence-electron chi connectivity index (χ0n) is 9.26. The smallest absolute Gasteiger partial charge is 0.0370 e. The van der Waals surface area contributed by atoms with Gasteiger partial charge >= 0.3 is 0 Å². The Morgan fingerprint density at radius 3 is 2.73 bits per heavy atom. The number of rotatable bonds is 1. The summed E-state index contributed by atoms with van der Waals surface area (Å²) in [6.45, 7) is 6.26. The number of nitrogens with zero attached hydrogens (tertiary/aromatic N) is 1. The monoisotopic (exact) mass is 268 g/mol. The van der Waals surface area contributed by atoms with Gasteiger partial charge in [-0.05, 0) is 44.0 Å². The molecule has 1 heterocycles. The molecule has 1 fully saturated rings. The molecular formula is C12H17BrN2. The maximum Gasteiger partial charge on any atom is 0.0370 e. The second-order valence-electron chi connectivity index (χ2n) is 4.76. The maximum absolute atomic E-state index is 6.12. The average Bonchev–Trinajstić information content (AvgIpc) is 2.51. The third-order valence-electron chi connectivity index (χ3n) is 3.01. The van der Waals surface area contributed by atoms with Crippen LogP contribution in [0.15, 0.2) is 22.7 Å². The Morgan fingerprint density at radius 2 is 2.20 bits per heavy atom. The summed E-state index contributed by atoms with van der Waals surface area (Å²) in [7, 11) is 0. The third kappa shape index (κ3) is 2.34. The quantitative estimate of drug-likeness (QED) is 0.849. The molecule has 1 aliphatic heterocycles. The molecule has 0 saturated carbocycles. The zero-order chi connectivity index (χ0) is 11.1. The summed E-state index contributed by atoms with van der Waals surface area (Å²) in [6.07, 6.45) is 1.07. The Labute approximate surface area is 99.6 Å². The van der Waals surface area contributed by atoms with Crippen LogP contribution in [0.5, 0.6) is 0 Å². The fourth-order valence-electron chi connectivity index (χ4n) is 2.03. The van der Waals surface area contributed by atoms with E-state index in [-0.39, 0.29) is 5.54 Å². The summed E-state index contributed by atoms with van der Waals surface area (Å²) in [5.74, 6) is 0. The van der Waals surface area contributed by atoms with Gasteiger partial charge in [-0.25, -0.2) is 0 Å². The Morgan fingerprint density at radius 1 is 1.47 bits per heavy atom. The predicted molar refractivity (Wildman–Crippen MR) is 68.3 cm³/mol. The van der Waals surface area contributed by atoms with Gasteiger partial charge in [0.1, 0.15) is 0 Å². The lowest BCUT2D eigenvalue weighted by molar-refractivity contribution is 0.525. The number of benzene rings is 1. The van der Waals surface area contributed by atoms with Crippen LogP contribution in [0.1, 0.15) is 18.9 Å². The molecule has 1 unspecified atom stereocenters. The van der Waals surface area contributed by atoms with Crippen LogP contribution in [0.25, 0.3) is 0 Å². The van der Waals surface area contributed by atoms with Gasteiger partial charge in [0.25, 0.3) is 0 Å². The van der Waals surface area contributed by atoms with Gasteiger partial charge in [-0.2, -0.15) is 0 Å². The minimum absolute atomic E-state index is 0.0268. The van der Waals surface area contributed by atoms with Gasteiger partial charge in [-0.3, -0.25) is 0 Å². The highest BCUT2D eigenvalue weighted by molar-refractivity contribution is 9.10. The molecule has 82 valence electrons. The first-order valence-electron chi connectivity index (χ1n) is 5.28. The van der Waals surface area contributed by atoms with Crippen LogP contribution in [0.2, 0.25) is 0 Å². The molecule has 2 rings (SSSR count). The van der Waals surface area contributed by atoms with E-state index in [2.05, 4.69) is 52.9 Å². The van der Waals surface area contributed by atoms with E-state index in [0.717, 1.165) is 19.5 Å². The molecule has 1 atom stereocenters. The second kappa shape index (κ2) is 3.80. The van der Waals surface area contributed by atoms with Gasteiger partial charge in [0.05, 0.1) is 0 Å². The molecule has 1 aromatic rings. The summed E-state index contributed by atoms with van der Waals surface area (Å²) >= 11 is 3.52. The van der Waals surface area contributed by atoms with E-state index in [9.17, 15) is 0 Å². The third-order valence-corrected chi connectivity index (χ3v) is 3.90. The van der Waals surface area contributed by atoms with Gasteiger partial charge in [0, 0.05) is 28.8 Å². The standard InChI is InChI=1S/C12H17BrN2/c1-9-7-10(3-4-11(9)13)15-6-5-12(2,14)8-15/h3-4,7H,5-6,8,14H2,1-2H3. The number of hydrogen-bond acceptors (Lipinski definition) is 2. The van der Waals surface area contributed by atoms with E-state index in [1.165, 1.54) is 15.7 Å². The maximum atomic E-state index is 6.12. The molecule has 2 N–H and O–H groups in total. The number of hydrogen-bond donors (Lipinski definition) is 1. The van der Waals surface area contributed by atoms with Crippen molar-refractivity contribution in [1.29, 1.82) is 0 Å². The molecule has 0 aliphatic carbocycles. The molecular weight excluding hydrogens is 252 g/mol. The Hall–Kier alpha value is -0.540. The van der Waals surface area contributed by atoms with Crippen molar-refractivity contribution in [2.75, 3.05) is 18.0 Å². The van der Waals surface area contributed by atoms with Crippen molar-refractivity contribution in [3.8, 4) is 0 Å². The number of aryl methyl sites for hydroxylation is 1. The van der Waals surface area contributed by atoms with Crippen LogP contribution in [0, 0.1) is 6.92 Å². The van der Waals surface area contributed by atoms with Crippen molar-refractivity contribution >= 4 is 21.6 Å². The van der Waals surface area contributed by atoms with Crippen molar-refractivity contribution in [3.05, 3.63) is 28.2 Å². The zero-order valence-corrected chi connectivity index (χ0v) is 10.8. The van der Waals surface area contributed by atoms with Crippen molar-refractivity contribution in [1.82, 2.24) is 0 Å². The SMILES string of the molecule is Cc1cc(N2CCC(C)(N)C2)ccc1Br. The van der Waals surface area contributed by atoms with Crippen LogP contribution < -0.4 is 10.6 Å². The first kappa shape index (κ1) is 11.0. The van der Waals surface area contributed by atoms with E-state index in [4.69, 9.17) is 5.73 Å². The molecule has 1 aromatic carbocycles. The highest BCUT2D eigenvalue weighted by Crippen LogP contribution is 2.28. The minimum Gasteiger partial charge on any atom is -0.370 e. The Kier molecular flexibility index (Phi) is 2.77. The van der Waals surface area contributed by atoms with Crippen molar-refractivity contribution in [3.63, 3.8) is 0 Å². The van der Waals surface area contributed by atoms with Crippen molar-refractivity contribution in [2.45, 2.75) is 25.8 Å².